The number of anilines is 1. The van der Waals surface area contributed by atoms with Gasteiger partial charge in [-0.15, -0.1) is 12.4 Å². The van der Waals surface area contributed by atoms with E-state index in [1.807, 2.05) is 14.0 Å². The summed E-state index contributed by atoms with van der Waals surface area (Å²) in [6, 6.07) is 0.155. The third kappa shape index (κ3) is 2.89. The van der Waals surface area contributed by atoms with E-state index in [2.05, 4.69) is 20.6 Å². The van der Waals surface area contributed by atoms with Gasteiger partial charge in [-0.1, -0.05) is 6.42 Å². The first-order valence-electron chi connectivity index (χ1n) is 6.99. The molecule has 116 valence electrons. The number of fused-ring (bicyclic) bond motifs is 1. The van der Waals surface area contributed by atoms with Crippen LogP contribution in [-0.4, -0.2) is 31.9 Å². The van der Waals surface area contributed by atoms with Gasteiger partial charge in [-0.2, -0.15) is 10.2 Å². The highest BCUT2D eigenvalue weighted by Crippen LogP contribution is 2.28. The molecule has 21 heavy (non-hydrogen) atoms. The molecule has 0 aliphatic heterocycles. The standard InChI is InChI=1S/C13H20N6O.ClH/c1-7-11-12(16-17-13(11)19(2)18-7)15-10(20)6-8-4-3-5-9(8)14;/h8-9H,3-6,14H2,1-2H3,(H2,15,16,17,20);1H/t8-,9+;/m0./s1. The lowest BCUT2D eigenvalue weighted by molar-refractivity contribution is -0.117. The summed E-state index contributed by atoms with van der Waals surface area (Å²) < 4.78 is 1.70. The highest BCUT2D eigenvalue weighted by atomic mass is 35.5. The van der Waals surface area contributed by atoms with Gasteiger partial charge in [0, 0.05) is 19.5 Å². The average Bonchev–Trinajstić information content (AvgIpc) is 3.03. The van der Waals surface area contributed by atoms with Crippen LogP contribution in [0.3, 0.4) is 0 Å². The van der Waals surface area contributed by atoms with Gasteiger partial charge in [0.2, 0.25) is 5.91 Å². The minimum Gasteiger partial charge on any atom is -0.327 e. The molecule has 2 atom stereocenters. The predicted octanol–water partition coefficient (Wildman–Crippen LogP) is 1.48. The molecule has 0 aromatic carbocycles. The molecule has 1 aliphatic carbocycles. The van der Waals surface area contributed by atoms with Crippen LogP contribution in [0.4, 0.5) is 5.82 Å². The Morgan fingerprint density at radius 2 is 2.29 bits per heavy atom. The second-order valence-electron chi connectivity index (χ2n) is 5.61. The molecule has 7 nitrogen and oxygen atoms in total. The molecule has 0 unspecified atom stereocenters. The van der Waals surface area contributed by atoms with Crippen LogP contribution in [0.15, 0.2) is 0 Å². The van der Waals surface area contributed by atoms with E-state index in [1.165, 1.54) is 0 Å². The Kier molecular flexibility index (Phi) is 4.53. The number of nitrogens with zero attached hydrogens (tertiary/aromatic N) is 3. The van der Waals surface area contributed by atoms with Crippen molar-refractivity contribution < 1.29 is 4.79 Å². The van der Waals surface area contributed by atoms with Crippen LogP contribution in [0.1, 0.15) is 31.4 Å². The van der Waals surface area contributed by atoms with E-state index >= 15 is 0 Å². The fraction of sp³-hybridized carbons (Fsp3) is 0.615. The Morgan fingerprint density at radius 3 is 2.95 bits per heavy atom. The van der Waals surface area contributed by atoms with Gasteiger partial charge in [-0.05, 0) is 25.7 Å². The maximum absolute atomic E-state index is 12.1. The van der Waals surface area contributed by atoms with Crippen molar-refractivity contribution in [3.63, 3.8) is 0 Å². The molecule has 0 spiro atoms. The number of rotatable bonds is 3. The Bertz CT molecular complexity index is 648. The van der Waals surface area contributed by atoms with Crippen LogP contribution in [0.2, 0.25) is 0 Å². The molecule has 3 rings (SSSR count). The lowest BCUT2D eigenvalue weighted by Gasteiger charge is -2.14. The molecule has 2 aromatic heterocycles. The minimum absolute atomic E-state index is 0. The van der Waals surface area contributed by atoms with Crippen molar-refractivity contribution in [3.05, 3.63) is 5.69 Å². The van der Waals surface area contributed by atoms with Crippen molar-refractivity contribution in [3.8, 4) is 0 Å². The van der Waals surface area contributed by atoms with Crippen LogP contribution < -0.4 is 11.1 Å². The van der Waals surface area contributed by atoms with E-state index in [1.54, 1.807) is 4.68 Å². The topological polar surface area (TPSA) is 102 Å². The summed E-state index contributed by atoms with van der Waals surface area (Å²) in [5.41, 5.74) is 7.60. The highest BCUT2D eigenvalue weighted by Gasteiger charge is 2.26. The molecule has 1 fully saturated rings. The molecule has 1 aliphatic rings. The monoisotopic (exact) mass is 312 g/mol. The first kappa shape index (κ1) is 15.8. The second-order valence-corrected chi connectivity index (χ2v) is 5.61. The molecular weight excluding hydrogens is 292 g/mol. The van der Waals surface area contributed by atoms with E-state index in [-0.39, 0.29) is 24.4 Å². The number of aromatic amines is 1. The molecule has 0 bridgehead atoms. The summed E-state index contributed by atoms with van der Waals surface area (Å²) in [7, 11) is 1.83. The zero-order chi connectivity index (χ0) is 14.3. The van der Waals surface area contributed by atoms with Crippen molar-refractivity contribution in [2.75, 3.05) is 5.32 Å². The van der Waals surface area contributed by atoms with Gasteiger partial charge < -0.3 is 11.1 Å². The van der Waals surface area contributed by atoms with E-state index < -0.39 is 0 Å². The quantitative estimate of drug-likeness (QED) is 0.799. The van der Waals surface area contributed by atoms with Gasteiger partial charge in [0.25, 0.3) is 0 Å². The number of nitrogens with one attached hydrogen (secondary N) is 2. The molecule has 1 amide bonds. The molecule has 2 heterocycles. The number of carbonyl (C=O) groups excluding carboxylic acids is 1. The number of halogens is 1. The molecule has 0 saturated heterocycles. The predicted molar refractivity (Wildman–Crippen MR) is 83.4 cm³/mol. The Labute approximate surface area is 129 Å². The largest absolute Gasteiger partial charge is 0.327 e. The molecule has 4 N–H and O–H groups in total. The van der Waals surface area contributed by atoms with Gasteiger partial charge >= 0.3 is 0 Å². The molecule has 2 aromatic rings. The maximum Gasteiger partial charge on any atom is 0.225 e. The zero-order valence-electron chi connectivity index (χ0n) is 12.2. The lowest BCUT2D eigenvalue weighted by atomic mass is 10.00. The van der Waals surface area contributed by atoms with E-state index in [0.29, 0.717) is 18.2 Å². The Hall–Kier alpha value is -1.60. The second kappa shape index (κ2) is 6.03. The van der Waals surface area contributed by atoms with Gasteiger partial charge in [-0.3, -0.25) is 9.89 Å². The van der Waals surface area contributed by atoms with Gasteiger partial charge in [0.15, 0.2) is 5.65 Å². The van der Waals surface area contributed by atoms with Crippen LogP contribution in [-0.2, 0) is 11.8 Å². The van der Waals surface area contributed by atoms with Crippen LogP contribution in [0.5, 0.6) is 0 Å². The summed E-state index contributed by atoms with van der Waals surface area (Å²) in [5, 5.41) is 15.1. The maximum atomic E-state index is 12.1. The summed E-state index contributed by atoms with van der Waals surface area (Å²) >= 11 is 0. The average molecular weight is 313 g/mol. The Morgan fingerprint density at radius 1 is 1.52 bits per heavy atom. The summed E-state index contributed by atoms with van der Waals surface area (Å²) in [6.45, 7) is 1.90. The van der Waals surface area contributed by atoms with Crippen molar-refractivity contribution in [1.82, 2.24) is 20.0 Å². The number of nitrogens with two attached hydrogens (primary N) is 1. The number of aromatic nitrogens is 4. The fourth-order valence-corrected chi connectivity index (χ4v) is 3.07. The molecule has 1 saturated carbocycles. The number of carbonyl (C=O) groups is 1. The van der Waals surface area contributed by atoms with E-state index in [0.717, 1.165) is 36.0 Å². The summed E-state index contributed by atoms with van der Waals surface area (Å²) in [5.74, 6) is 0.909. The third-order valence-electron chi connectivity index (χ3n) is 4.15. The molecule has 8 heteroatoms. The first-order chi connectivity index (χ1) is 9.56. The van der Waals surface area contributed by atoms with E-state index in [9.17, 15) is 4.79 Å². The van der Waals surface area contributed by atoms with Crippen LogP contribution >= 0.6 is 12.4 Å². The molecule has 0 radical (unpaired) electrons. The number of aryl methyl sites for hydroxylation is 2. The van der Waals surface area contributed by atoms with Gasteiger partial charge in [0.05, 0.1) is 11.1 Å². The van der Waals surface area contributed by atoms with E-state index in [4.69, 9.17) is 5.73 Å². The van der Waals surface area contributed by atoms with Crippen molar-refractivity contribution in [2.45, 2.75) is 38.6 Å². The third-order valence-corrected chi connectivity index (χ3v) is 4.15. The zero-order valence-corrected chi connectivity index (χ0v) is 13.0. The molecular formula is C13H21ClN6O. The van der Waals surface area contributed by atoms with Crippen molar-refractivity contribution in [1.29, 1.82) is 0 Å². The van der Waals surface area contributed by atoms with Crippen molar-refractivity contribution in [2.24, 2.45) is 18.7 Å². The van der Waals surface area contributed by atoms with Crippen LogP contribution in [0.25, 0.3) is 11.0 Å². The lowest BCUT2D eigenvalue weighted by Crippen LogP contribution is -2.28. The summed E-state index contributed by atoms with van der Waals surface area (Å²) in [4.78, 5) is 12.1. The summed E-state index contributed by atoms with van der Waals surface area (Å²) in [6.07, 6.45) is 3.66. The first-order valence-corrected chi connectivity index (χ1v) is 6.99. The number of H-pyrrole nitrogens is 1. The number of hydrogen-bond donors (Lipinski definition) is 3. The van der Waals surface area contributed by atoms with Crippen LogP contribution in [0, 0.1) is 12.8 Å². The number of hydrogen-bond acceptors (Lipinski definition) is 4. The smallest absolute Gasteiger partial charge is 0.225 e. The normalized spacial score (nSPS) is 21.5. The SMILES string of the molecule is Cc1nn(C)c2n[nH]c(NC(=O)C[C@@H]3CCC[C@H]3N)c12.Cl. The fourth-order valence-electron chi connectivity index (χ4n) is 3.07. The highest BCUT2D eigenvalue weighted by molar-refractivity contribution is 5.99. The Balaban J connectivity index is 0.00000161. The van der Waals surface area contributed by atoms with Gasteiger partial charge in [-0.25, -0.2) is 4.68 Å². The van der Waals surface area contributed by atoms with Gasteiger partial charge in [0.1, 0.15) is 5.82 Å². The minimum atomic E-state index is -0.0128. The van der Waals surface area contributed by atoms with Crippen molar-refractivity contribution >= 4 is 35.2 Å². The number of amides is 1.